The van der Waals surface area contributed by atoms with Gasteiger partial charge in [0, 0.05) is 6.42 Å². The third-order valence-electron chi connectivity index (χ3n) is 4.90. The average Bonchev–Trinajstić information content (AvgIpc) is 2.85. The molecule has 120 valence electrons. The molecule has 0 aromatic heterocycles. The van der Waals surface area contributed by atoms with Gasteiger partial charge in [-0.3, -0.25) is 0 Å². The summed E-state index contributed by atoms with van der Waals surface area (Å²) in [6.07, 6.45) is 0.546. The highest BCUT2D eigenvalue weighted by atomic mass is 16.5. The maximum absolute atomic E-state index is 11.7. The van der Waals surface area contributed by atoms with Crippen LogP contribution in [0.5, 0.6) is 5.75 Å². The van der Waals surface area contributed by atoms with Gasteiger partial charge in [0.05, 0.1) is 7.11 Å². The summed E-state index contributed by atoms with van der Waals surface area (Å²) in [6, 6.07) is 22.4. The molecule has 0 amide bonds. The standard InChI is InChI=1S/C22H20O2/c1-15-7-12-19-18-5-3-4-6-20(18)22(23,21(19)13-15)14-16-8-10-17(24-2)11-9-16/h3-13,23H,14H2,1-2H3. The minimum atomic E-state index is -0.994. The van der Waals surface area contributed by atoms with Crippen LogP contribution in [0.25, 0.3) is 11.1 Å². The number of ether oxygens (including phenoxy) is 1. The SMILES string of the molecule is COc1ccc(CC2(O)c3ccccc3-c3ccc(C)cc32)cc1. The maximum Gasteiger partial charge on any atom is 0.120 e. The molecule has 0 spiro atoms. The lowest BCUT2D eigenvalue weighted by Gasteiger charge is -2.26. The second kappa shape index (κ2) is 5.50. The highest BCUT2D eigenvalue weighted by Gasteiger charge is 2.41. The molecule has 2 heteroatoms. The van der Waals surface area contributed by atoms with E-state index in [-0.39, 0.29) is 0 Å². The van der Waals surface area contributed by atoms with E-state index >= 15 is 0 Å². The van der Waals surface area contributed by atoms with Gasteiger partial charge in [-0.2, -0.15) is 0 Å². The Hall–Kier alpha value is -2.58. The smallest absolute Gasteiger partial charge is 0.120 e. The quantitative estimate of drug-likeness (QED) is 0.773. The minimum Gasteiger partial charge on any atom is -0.497 e. The van der Waals surface area contributed by atoms with Crippen LogP contribution < -0.4 is 4.74 Å². The first-order valence-corrected chi connectivity index (χ1v) is 8.18. The Morgan fingerprint density at radius 3 is 2.33 bits per heavy atom. The molecule has 0 bridgehead atoms. The summed E-state index contributed by atoms with van der Waals surface area (Å²) >= 11 is 0. The first-order chi connectivity index (χ1) is 11.6. The van der Waals surface area contributed by atoms with Crippen LogP contribution in [0.15, 0.2) is 66.7 Å². The van der Waals surface area contributed by atoms with Crippen molar-refractivity contribution in [2.45, 2.75) is 18.9 Å². The molecule has 3 aromatic rings. The number of fused-ring (bicyclic) bond motifs is 3. The lowest BCUT2D eigenvalue weighted by atomic mass is 9.85. The highest BCUT2D eigenvalue weighted by Crippen LogP contribution is 2.49. The van der Waals surface area contributed by atoms with Crippen LogP contribution in [0.4, 0.5) is 0 Å². The summed E-state index contributed by atoms with van der Waals surface area (Å²) < 4.78 is 5.23. The van der Waals surface area contributed by atoms with Crippen LogP contribution in [-0.4, -0.2) is 12.2 Å². The molecular formula is C22H20O2. The number of methoxy groups -OCH3 is 1. The average molecular weight is 316 g/mol. The van der Waals surface area contributed by atoms with Crippen LogP contribution in [-0.2, 0) is 12.0 Å². The zero-order chi connectivity index (χ0) is 16.7. The molecule has 2 nitrogen and oxygen atoms in total. The van der Waals surface area contributed by atoms with Gasteiger partial charge in [-0.05, 0) is 46.9 Å². The number of aliphatic hydroxyl groups is 1. The number of hydrogen-bond donors (Lipinski definition) is 1. The van der Waals surface area contributed by atoms with Gasteiger partial charge >= 0.3 is 0 Å². The molecule has 1 unspecified atom stereocenters. The van der Waals surface area contributed by atoms with E-state index in [0.717, 1.165) is 39.1 Å². The van der Waals surface area contributed by atoms with Crippen molar-refractivity contribution in [1.82, 2.24) is 0 Å². The lowest BCUT2D eigenvalue weighted by molar-refractivity contribution is 0.0859. The molecule has 0 aliphatic heterocycles. The molecule has 1 aliphatic rings. The number of hydrogen-bond acceptors (Lipinski definition) is 2. The predicted molar refractivity (Wildman–Crippen MR) is 96.3 cm³/mol. The van der Waals surface area contributed by atoms with Crippen LogP contribution in [0.2, 0.25) is 0 Å². The van der Waals surface area contributed by atoms with Crippen LogP contribution in [0, 0.1) is 6.92 Å². The van der Waals surface area contributed by atoms with E-state index in [2.05, 4.69) is 31.2 Å². The summed E-state index contributed by atoms with van der Waals surface area (Å²) in [4.78, 5) is 0. The molecule has 3 aromatic carbocycles. The maximum atomic E-state index is 11.7. The molecular weight excluding hydrogens is 296 g/mol. The van der Waals surface area contributed by atoms with E-state index < -0.39 is 5.60 Å². The van der Waals surface area contributed by atoms with E-state index in [1.165, 1.54) is 0 Å². The van der Waals surface area contributed by atoms with Gasteiger partial charge in [-0.15, -0.1) is 0 Å². The fourth-order valence-corrected chi connectivity index (χ4v) is 3.69. The fourth-order valence-electron chi connectivity index (χ4n) is 3.69. The normalized spacial score (nSPS) is 18.1. The summed E-state index contributed by atoms with van der Waals surface area (Å²) in [6.45, 7) is 2.07. The summed E-state index contributed by atoms with van der Waals surface area (Å²) in [5.41, 5.74) is 5.50. The van der Waals surface area contributed by atoms with Crippen LogP contribution >= 0.6 is 0 Å². The first kappa shape index (κ1) is 15.0. The molecule has 0 saturated heterocycles. The lowest BCUT2D eigenvalue weighted by Crippen LogP contribution is -2.27. The Kier molecular flexibility index (Phi) is 3.43. The largest absolute Gasteiger partial charge is 0.497 e. The Labute approximate surface area is 142 Å². The van der Waals surface area contributed by atoms with Gasteiger partial charge in [0.25, 0.3) is 0 Å². The Morgan fingerprint density at radius 2 is 1.58 bits per heavy atom. The van der Waals surface area contributed by atoms with E-state index in [1.54, 1.807) is 7.11 Å². The second-order valence-electron chi connectivity index (χ2n) is 6.48. The Morgan fingerprint density at radius 1 is 0.875 bits per heavy atom. The molecule has 1 atom stereocenters. The number of benzene rings is 3. The van der Waals surface area contributed by atoms with Crippen molar-refractivity contribution < 1.29 is 9.84 Å². The topological polar surface area (TPSA) is 29.5 Å². The van der Waals surface area contributed by atoms with Crippen molar-refractivity contribution in [2.24, 2.45) is 0 Å². The minimum absolute atomic E-state index is 0.546. The predicted octanol–water partition coefficient (Wildman–Crippen LogP) is 4.46. The third kappa shape index (κ3) is 2.22. The van der Waals surface area contributed by atoms with Gasteiger partial charge < -0.3 is 9.84 Å². The molecule has 4 rings (SSSR count). The molecule has 0 radical (unpaired) electrons. The van der Waals surface area contributed by atoms with Crippen LogP contribution in [0.3, 0.4) is 0 Å². The van der Waals surface area contributed by atoms with Crippen molar-refractivity contribution in [3.05, 3.63) is 89.0 Å². The Balaban J connectivity index is 1.84. The van der Waals surface area contributed by atoms with Gasteiger partial charge in [-0.1, -0.05) is 60.2 Å². The summed E-state index contributed by atoms with van der Waals surface area (Å²) in [7, 11) is 1.66. The number of aryl methyl sites for hydroxylation is 1. The van der Waals surface area contributed by atoms with Crippen molar-refractivity contribution in [1.29, 1.82) is 0 Å². The zero-order valence-corrected chi connectivity index (χ0v) is 13.9. The van der Waals surface area contributed by atoms with E-state index in [1.807, 2.05) is 42.5 Å². The zero-order valence-electron chi connectivity index (χ0n) is 13.9. The van der Waals surface area contributed by atoms with Gasteiger partial charge in [0.2, 0.25) is 0 Å². The monoisotopic (exact) mass is 316 g/mol. The molecule has 1 N–H and O–H groups in total. The highest BCUT2D eigenvalue weighted by molar-refractivity contribution is 5.80. The van der Waals surface area contributed by atoms with E-state index in [4.69, 9.17) is 4.74 Å². The van der Waals surface area contributed by atoms with E-state index in [9.17, 15) is 5.11 Å². The summed E-state index contributed by atoms with van der Waals surface area (Å²) in [5.74, 6) is 0.828. The molecule has 0 fully saturated rings. The van der Waals surface area contributed by atoms with Crippen LogP contribution in [0.1, 0.15) is 22.3 Å². The van der Waals surface area contributed by atoms with Gasteiger partial charge in [0.1, 0.15) is 11.4 Å². The van der Waals surface area contributed by atoms with E-state index in [0.29, 0.717) is 6.42 Å². The molecule has 1 aliphatic carbocycles. The fraction of sp³-hybridized carbons (Fsp3) is 0.182. The third-order valence-corrected chi connectivity index (χ3v) is 4.90. The van der Waals surface area contributed by atoms with Crippen molar-refractivity contribution >= 4 is 0 Å². The van der Waals surface area contributed by atoms with Gasteiger partial charge in [0.15, 0.2) is 0 Å². The van der Waals surface area contributed by atoms with Crippen molar-refractivity contribution in [3.8, 4) is 16.9 Å². The van der Waals surface area contributed by atoms with Gasteiger partial charge in [-0.25, -0.2) is 0 Å². The summed E-state index contributed by atoms with van der Waals surface area (Å²) in [5, 5.41) is 11.7. The molecule has 24 heavy (non-hydrogen) atoms. The van der Waals surface area contributed by atoms with Crippen molar-refractivity contribution in [3.63, 3.8) is 0 Å². The first-order valence-electron chi connectivity index (χ1n) is 8.18. The second-order valence-corrected chi connectivity index (χ2v) is 6.48. The molecule has 0 heterocycles. The Bertz CT molecular complexity index is 896. The van der Waals surface area contributed by atoms with Crippen molar-refractivity contribution in [2.75, 3.05) is 7.11 Å². The number of rotatable bonds is 3. The molecule has 0 saturated carbocycles.